The molecule has 1 amide bonds. The summed E-state index contributed by atoms with van der Waals surface area (Å²) < 4.78 is 11.5. The molecule has 0 saturated carbocycles. The van der Waals surface area contributed by atoms with Crippen LogP contribution in [0.15, 0.2) is 18.2 Å². The Labute approximate surface area is 143 Å². The zero-order valence-electron chi connectivity index (χ0n) is 14.2. The molecule has 3 rings (SSSR count). The Morgan fingerprint density at radius 3 is 2.79 bits per heavy atom. The van der Waals surface area contributed by atoms with Gasteiger partial charge in [0, 0.05) is 25.3 Å². The number of hydrogen-bond donors (Lipinski definition) is 0. The number of piperidine rings is 1. The molecular formula is C19H24N2O3. The highest BCUT2D eigenvalue weighted by molar-refractivity contribution is 5.95. The third-order valence-electron chi connectivity index (χ3n) is 4.86. The van der Waals surface area contributed by atoms with Crippen molar-refractivity contribution >= 4 is 5.91 Å². The number of ether oxygens (including phenoxy) is 2. The first kappa shape index (κ1) is 16.9. The molecule has 0 spiro atoms. The summed E-state index contributed by atoms with van der Waals surface area (Å²) in [5, 5.41) is 8.93. The predicted octanol–water partition coefficient (Wildman–Crippen LogP) is 2.67. The molecule has 1 atom stereocenters. The molecule has 5 nitrogen and oxygen atoms in total. The van der Waals surface area contributed by atoms with Crippen LogP contribution in [0.1, 0.15) is 47.2 Å². The molecule has 128 valence electrons. The molecule has 1 unspecified atom stereocenters. The van der Waals surface area contributed by atoms with Gasteiger partial charge in [0.2, 0.25) is 0 Å². The number of aryl methyl sites for hydroxylation is 1. The van der Waals surface area contributed by atoms with Crippen LogP contribution in [0.4, 0.5) is 0 Å². The summed E-state index contributed by atoms with van der Waals surface area (Å²) >= 11 is 0. The molecular weight excluding hydrogens is 304 g/mol. The fourth-order valence-electron chi connectivity index (χ4n) is 3.39. The molecule has 2 fully saturated rings. The maximum Gasteiger partial charge on any atom is 0.254 e. The first-order valence-corrected chi connectivity index (χ1v) is 8.70. The van der Waals surface area contributed by atoms with Gasteiger partial charge in [0.25, 0.3) is 5.91 Å². The first-order chi connectivity index (χ1) is 11.7. The lowest BCUT2D eigenvalue weighted by molar-refractivity contribution is -0.0395. The summed E-state index contributed by atoms with van der Waals surface area (Å²) in [4.78, 5) is 14.6. The number of amides is 1. The average Bonchev–Trinajstić information content (AvgIpc) is 3.13. The van der Waals surface area contributed by atoms with Gasteiger partial charge in [-0.05, 0) is 56.4 Å². The highest BCUT2D eigenvalue weighted by Crippen LogP contribution is 2.20. The van der Waals surface area contributed by atoms with Crippen molar-refractivity contribution in [2.45, 2.75) is 44.8 Å². The van der Waals surface area contributed by atoms with Gasteiger partial charge in [-0.2, -0.15) is 5.26 Å². The Kier molecular flexibility index (Phi) is 5.49. The molecule has 0 aromatic heterocycles. The van der Waals surface area contributed by atoms with Crippen LogP contribution in [0.2, 0.25) is 0 Å². The lowest BCUT2D eigenvalue weighted by Crippen LogP contribution is -2.41. The fraction of sp³-hybridized carbons (Fsp3) is 0.579. The molecule has 1 aromatic carbocycles. The smallest absolute Gasteiger partial charge is 0.254 e. The lowest BCUT2D eigenvalue weighted by atomic mass is 10.0. The molecule has 5 heteroatoms. The highest BCUT2D eigenvalue weighted by atomic mass is 16.5. The van der Waals surface area contributed by atoms with Crippen LogP contribution in [-0.4, -0.2) is 49.3 Å². The second kappa shape index (κ2) is 7.78. The number of benzene rings is 1. The van der Waals surface area contributed by atoms with Gasteiger partial charge < -0.3 is 14.4 Å². The van der Waals surface area contributed by atoms with Gasteiger partial charge in [0.1, 0.15) is 0 Å². The molecule has 0 aliphatic carbocycles. The summed E-state index contributed by atoms with van der Waals surface area (Å²) in [6.07, 6.45) is 4.44. The van der Waals surface area contributed by atoms with Crippen LogP contribution in [0, 0.1) is 18.3 Å². The molecule has 0 bridgehead atoms. The van der Waals surface area contributed by atoms with E-state index in [4.69, 9.17) is 14.7 Å². The van der Waals surface area contributed by atoms with Gasteiger partial charge >= 0.3 is 0 Å². The van der Waals surface area contributed by atoms with E-state index in [2.05, 4.69) is 6.07 Å². The number of carbonyl (C=O) groups is 1. The largest absolute Gasteiger partial charge is 0.376 e. The topological polar surface area (TPSA) is 62.6 Å². The number of rotatable bonds is 4. The number of nitriles is 1. The Bertz CT molecular complexity index is 624. The summed E-state index contributed by atoms with van der Waals surface area (Å²) in [5.41, 5.74) is 2.13. The Morgan fingerprint density at radius 1 is 1.38 bits per heavy atom. The standard InChI is InChI=1S/C19H24N2O3/c1-14-11-15(12-20)4-5-18(14)19(22)21-8-6-16(7-9-21)24-13-17-3-2-10-23-17/h4-5,11,16-17H,2-3,6-10,13H2,1H3. The van der Waals surface area contributed by atoms with E-state index in [1.807, 2.05) is 11.8 Å². The predicted molar refractivity (Wildman–Crippen MR) is 89.7 cm³/mol. The highest BCUT2D eigenvalue weighted by Gasteiger charge is 2.26. The molecule has 2 saturated heterocycles. The minimum Gasteiger partial charge on any atom is -0.376 e. The van der Waals surface area contributed by atoms with Crippen LogP contribution >= 0.6 is 0 Å². The molecule has 2 heterocycles. The van der Waals surface area contributed by atoms with E-state index in [0.29, 0.717) is 30.8 Å². The monoisotopic (exact) mass is 328 g/mol. The van der Waals surface area contributed by atoms with Crippen molar-refractivity contribution in [1.29, 1.82) is 5.26 Å². The van der Waals surface area contributed by atoms with Crippen molar-refractivity contribution in [2.24, 2.45) is 0 Å². The summed E-state index contributed by atoms with van der Waals surface area (Å²) in [6.45, 7) is 4.84. The number of likely N-dealkylation sites (tertiary alicyclic amines) is 1. The second-order valence-corrected chi connectivity index (χ2v) is 6.60. The lowest BCUT2D eigenvalue weighted by Gasteiger charge is -2.32. The zero-order chi connectivity index (χ0) is 16.9. The number of nitrogens with zero attached hydrogens (tertiary/aromatic N) is 2. The van der Waals surface area contributed by atoms with Gasteiger partial charge in [-0.25, -0.2) is 0 Å². The first-order valence-electron chi connectivity index (χ1n) is 8.70. The summed E-state index contributed by atoms with van der Waals surface area (Å²) in [6, 6.07) is 7.34. The molecule has 24 heavy (non-hydrogen) atoms. The molecule has 2 aliphatic heterocycles. The van der Waals surface area contributed by atoms with Crippen LogP contribution in [-0.2, 0) is 9.47 Å². The van der Waals surface area contributed by atoms with Crippen LogP contribution in [0.3, 0.4) is 0 Å². The molecule has 0 radical (unpaired) electrons. The van der Waals surface area contributed by atoms with Gasteiger partial charge in [-0.1, -0.05) is 0 Å². The minimum absolute atomic E-state index is 0.0505. The van der Waals surface area contributed by atoms with Crippen LogP contribution in [0.5, 0.6) is 0 Å². The molecule has 1 aromatic rings. The van der Waals surface area contributed by atoms with Crippen molar-refractivity contribution in [1.82, 2.24) is 4.90 Å². The third-order valence-corrected chi connectivity index (χ3v) is 4.86. The van der Waals surface area contributed by atoms with E-state index in [9.17, 15) is 4.79 Å². The van der Waals surface area contributed by atoms with Crippen molar-refractivity contribution in [3.8, 4) is 6.07 Å². The number of carbonyl (C=O) groups excluding carboxylic acids is 1. The van der Waals surface area contributed by atoms with Gasteiger partial charge in [0.15, 0.2) is 0 Å². The van der Waals surface area contributed by atoms with Crippen LogP contribution < -0.4 is 0 Å². The molecule has 0 N–H and O–H groups in total. The fourth-order valence-corrected chi connectivity index (χ4v) is 3.39. The Morgan fingerprint density at radius 2 is 2.17 bits per heavy atom. The maximum absolute atomic E-state index is 12.7. The van der Waals surface area contributed by atoms with E-state index in [1.165, 1.54) is 0 Å². The van der Waals surface area contributed by atoms with Crippen molar-refractivity contribution < 1.29 is 14.3 Å². The normalized spacial score (nSPS) is 21.7. The van der Waals surface area contributed by atoms with E-state index in [1.54, 1.807) is 18.2 Å². The Balaban J connectivity index is 1.50. The SMILES string of the molecule is Cc1cc(C#N)ccc1C(=O)N1CCC(OCC2CCCO2)CC1. The minimum atomic E-state index is 0.0505. The maximum atomic E-state index is 12.7. The number of hydrogen-bond acceptors (Lipinski definition) is 4. The van der Waals surface area contributed by atoms with E-state index < -0.39 is 0 Å². The van der Waals surface area contributed by atoms with Crippen molar-refractivity contribution in [3.05, 3.63) is 34.9 Å². The van der Waals surface area contributed by atoms with Crippen molar-refractivity contribution in [2.75, 3.05) is 26.3 Å². The van der Waals surface area contributed by atoms with Gasteiger partial charge in [0.05, 0.1) is 30.4 Å². The van der Waals surface area contributed by atoms with Gasteiger partial charge in [-0.3, -0.25) is 4.79 Å². The second-order valence-electron chi connectivity index (χ2n) is 6.60. The van der Waals surface area contributed by atoms with E-state index in [-0.39, 0.29) is 18.1 Å². The summed E-state index contributed by atoms with van der Waals surface area (Å²) in [7, 11) is 0. The Hall–Kier alpha value is -1.90. The van der Waals surface area contributed by atoms with Crippen LogP contribution in [0.25, 0.3) is 0 Å². The van der Waals surface area contributed by atoms with Crippen molar-refractivity contribution in [3.63, 3.8) is 0 Å². The quantitative estimate of drug-likeness (QED) is 0.852. The van der Waals surface area contributed by atoms with E-state index in [0.717, 1.165) is 37.9 Å². The molecule has 2 aliphatic rings. The van der Waals surface area contributed by atoms with E-state index >= 15 is 0 Å². The zero-order valence-corrected chi connectivity index (χ0v) is 14.2. The summed E-state index contributed by atoms with van der Waals surface area (Å²) in [5.74, 6) is 0.0505. The third kappa shape index (κ3) is 3.95. The average molecular weight is 328 g/mol. The van der Waals surface area contributed by atoms with Gasteiger partial charge in [-0.15, -0.1) is 0 Å².